The van der Waals surface area contributed by atoms with Gasteiger partial charge in [0.15, 0.2) is 11.6 Å². The van der Waals surface area contributed by atoms with Gasteiger partial charge in [-0.25, -0.2) is 9.37 Å². The summed E-state index contributed by atoms with van der Waals surface area (Å²) < 4.78 is 21.0. The molecule has 0 bridgehead atoms. The van der Waals surface area contributed by atoms with E-state index in [9.17, 15) is 4.39 Å². The molecular formula is C23H19Cl3FN5O. The van der Waals surface area contributed by atoms with E-state index in [-0.39, 0.29) is 11.9 Å². The third-order valence-corrected chi connectivity index (χ3v) is 6.80. The van der Waals surface area contributed by atoms with Crippen LogP contribution in [-0.4, -0.2) is 32.8 Å². The molecule has 3 aromatic heterocycles. The predicted octanol–water partition coefficient (Wildman–Crippen LogP) is 6.86. The maximum absolute atomic E-state index is 14.8. The number of H-pyrrole nitrogens is 1. The Morgan fingerprint density at radius 2 is 1.88 bits per heavy atom. The Kier molecular flexibility index (Phi) is 5.80. The van der Waals surface area contributed by atoms with E-state index in [0.29, 0.717) is 49.0 Å². The lowest BCUT2D eigenvalue weighted by atomic mass is 10.0. The molecule has 33 heavy (non-hydrogen) atoms. The summed E-state index contributed by atoms with van der Waals surface area (Å²) in [6.07, 6.45) is 5.19. The lowest BCUT2D eigenvalue weighted by Gasteiger charge is -2.39. The van der Waals surface area contributed by atoms with Crippen molar-refractivity contribution in [3.05, 3.63) is 63.2 Å². The van der Waals surface area contributed by atoms with Crippen molar-refractivity contribution in [3.63, 3.8) is 0 Å². The number of nitrogens with one attached hydrogen (secondary N) is 1. The number of anilines is 1. The van der Waals surface area contributed by atoms with Crippen LogP contribution in [0.1, 0.15) is 31.9 Å². The van der Waals surface area contributed by atoms with Crippen molar-refractivity contribution in [2.75, 3.05) is 11.4 Å². The minimum atomic E-state index is -0.491. The van der Waals surface area contributed by atoms with Crippen LogP contribution < -0.4 is 9.64 Å². The number of fused-ring (bicyclic) bond motifs is 1. The summed E-state index contributed by atoms with van der Waals surface area (Å²) in [6.45, 7) is 4.68. The lowest BCUT2D eigenvalue weighted by Crippen LogP contribution is -2.46. The minimum absolute atomic E-state index is 0.287. The van der Waals surface area contributed by atoms with Gasteiger partial charge >= 0.3 is 0 Å². The fourth-order valence-electron chi connectivity index (χ4n) is 3.99. The molecule has 0 radical (unpaired) electrons. The van der Waals surface area contributed by atoms with Gasteiger partial charge in [-0.3, -0.25) is 10.1 Å². The smallest absolute Gasteiger partial charge is 0.166 e. The first-order valence-electron chi connectivity index (χ1n) is 10.4. The van der Waals surface area contributed by atoms with Crippen molar-refractivity contribution in [2.45, 2.75) is 32.4 Å². The largest absolute Gasteiger partial charge is 0.484 e. The van der Waals surface area contributed by atoms with Crippen molar-refractivity contribution in [3.8, 4) is 17.0 Å². The Hall–Kier alpha value is -2.61. The quantitative estimate of drug-likeness (QED) is 0.320. The number of benzene rings is 1. The SMILES string of the molecule is C[C@@H]1CCN1c1ncc(-c2n[nH]c3cc(Cl)c(O[C@H](C)c4c(Cl)cncc4Cl)cc23)cc1F. The van der Waals surface area contributed by atoms with Crippen LogP contribution in [0.25, 0.3) is 22.2 Å². The molecule has 4 aromatic rings. The van der Waals surface area contributed by atoms with Crippen molar-refractivity contribution in [1.29, 1.82) is 0 Å². The maximum atomic E-state index is 14.8. The van der Waals surface area contributed by atoms with Crippen molar-refractivity contribution >= 4 is 51.5 Å². The van der Waals surface area contributed by atoms with E-state index in [1.807, 2.05) is 11.8 Å². The number of pyridine rings is 2. The maximum Gasteiger partial charge on any atom is 0.166 e. The van der Waals surface area contributed by atoms with Gasteiger partial charge in [0.05, 0.1) is 20.6 Å². The fourth-order valence-corrected chi connectivity index (χ4v) is 4.87. The number of nitrogens with zero attached hydrogens (tertiary/aromatic N) is 4. The molecule has 1 N–H and O–H groups in total. The van der Waals surface area contributed by atoms with Crippen molar-refractivity contribution < 1.29 is 9.13 Å². The van der Waals surface area contributed by atoms with E-state index in [1.54, 1.807) is 18.3 Å². The third-order valence-electron chi connectivity index (χ3n) is 5.90. The molecule has 10 heteroatoms. The Morgan fingerprint density at radius 1 is 1.12 bits per heavy atom. The molecule has 1 aromatic carbocycles. The number of aromatic nitrogens is 4. The summed E-state index contributed by atoms with van der Waals surface area (Å²) in [5, 5.41) is 9.21. The first kappa shape index (κ1) is 22.2. The van der Waals surface area contributed by atoms with Crippen molar-refractivity contribution in [1.82, 2.24) is 20.2 Å². The Labute approximate surface area is 204 Å². The third kappa shape index (κ3) is 3.98. The molecule has 0 unspecified atom stereocenters. The molecule has 1 saturated heterocycles. The van der Waals surface area contributed by atoms with Gasteiger partial charge in [-0.05, 0) is 38.5 Å². The van der Waals surface area contributed by atoms with Crippen LogP contribution in [0.3, 0.4) is 0 Å². The van der Waals surface area contributed by atoms with E-state index < -0.39 is 6.10 Å². The van der Waals surface area contributed by atoms with Crippen LogP contribution in [0, 0.1) is 5.82 Å². The van der Waals surface area contributed by atoms with Crippen LogP contribution in [-0.2, 0) is 0 Å². The number of aromatic amines is 1. The van der Waals surface area contributed by atoms with Gasteiger partial charge in [0.1, 0.15) is 17.5 Å². The molecular weight excluding hydrogens is 488 g/mol. The summed E-state index contributed by atoms with van der Waals surface area (Å²) in [4.78, 5) is 10.3. The van der Waals surface area contributed by atoms with Gasteiger partial charge in [0.2, 0.25) is 0 Å². The number of halogens is 4. The van der Waals surface area contributed by atoms with Gasteiger partial charge in [0.25, 0.3) is 0 Å². The van der Waals surface area contributed by atoms with Gasteiger partial charge in [-0.15, -0.1) is 0 Å². The molecule has 5 rings (SSSR count). The van der Waals surface area contributed by atoms with Gasteiger partial charge in [-0.1, -0.05) is 34.8 Å². The highest BCUT2D eigenvalue weighted by Gasteiger charge is 2.27. The molecule has 1 aliphatic heterocycles. The molecule has 0 spiro atoms. The van der Waals surface area contributed by atoms with Gasteiger partial charge in [0, 0.05) is 47.7 Å². The molecule has 1 fully saturated rings. The molecule has 2 atom stereocenters. The Bertz CT molecular complexity index is 1340. The summed E-state index contributed by atoms with van der Waals surface area (Å²) in [6, 6.07) is 5.22. The van der Waals surface area contributed by atoms with E-state index in [2.05, 4.69) is 27.1 Å². The topological polar surface area (TPSA) is 66.9 Å². The average molecular weight is 507 g/mol. The number of rotatable bonds is 5. The standard InChI is InChI=1S/C23H19Cl3FN5O/c1-11-3-4-32(11)23-18(27)5-13(8-29-23)22-14-6-20(15(24)7-19(14)30-31-22)33-12(2)21-16(25)9-28-10-17(21)26/h5-12H,3-4H2,1-2H3,(H,30,31)/t11-,12-/m1/s1. The zero-order chi connectivity index (χ0) is 23.3. The molecule has 0 saturated carbocycles. The van der Waals surface area contributed by atoms with Crippen molar-refractivity contribution in [2.24, 2.45) is 0 Å². The van der Waals surface area contributed by atoms with E-state index in [1.165, 1.54) is 18.5 Å². The highest BCUT2D eigenvalue weighted by molar-refractivity contribution is 6.36. The van der Waals surface area contributed by atoms with Crippen LogP contribution in [0.2, 0.25) is 15.1 Å². The van der Waals surface area contributed by atoms with E-state index >= 15 is 0 Å². The van der Waals surface area contributed by atoms with Crippen LogP contribution in [0.4, 0.5) is 10.2 Å². The molecule has 1 aliphatic rings. The summed E-state index contributed by atoms with van der Waals surface area (Å²) in [7, 11) is 0. The minimum Gasteiger partial charge on any atom is -0.484 e. The Balaban J connectivity index is 1.50. The monoisotopic (exact) mass is 505 g/mol. The molecule has 0 amide bonds. The number of ether oxygens (including phenoxy) is 1. The molecule has 6 nitrogen and oxygen atoms in total. The van der Waals surface area contributed by atoms with Crippen LogP contribution in [0.5, 0.6) is 5.75 Å². The lowest BCUT2D eigenvalue weighted by molar-refractivity contribution is 0.227. The number of hydrogen-bond donors (Lipinski definition) is 1. The normalized spacial score (nSPS) is 16.7. The van der Waals surface area contributed by atoms with E-state index in [0.717, 1.165) is 18.4 Å². The second-order valence-electron chi connectivity index (χ2n) is 8.04. The second-order valence-corrected chi connectivity index (χ2v) is 9.26. The molecule has 170 valence electrons. The van der Waals surface area contributed by atoms with Crippen LogP contribution in [0.15, 0.2) is 36.8 Å². The second kappa shape index (κ2) is 8.63. The van der Waals surface area contributed by atoms with Gasteiger partial charge < -0.3 is 9.64 Å². The highest BCUT2D eigenvalue weighted by atomic mass is 35.5. The Morgan fingerprint density at radius 3 is 2.52 bits per heavy atom. The zero-order valence-electron chi connectivity index (χ0n) is 17.7. The first-order valence-corrected chi connectivity index (χ1v) is 11.5. The summed E-state index contributed by atoms with van der Waals surface area (Å²) in [5.41, 5.74) is 2.40. The molecule has 4 heterocycles. The summed E-state index contributed by atoms with van der Waals surface area (Å²) in [5.74, 6) is 0.406. The first-order chi connectivity index (χ1) is 15.8. The highest BCUT2D eigenvalue weighted by Crippen LogP contribution is 2.39. The van der Waals surface area contributed by atoms with Crippen LogP contribution >= 0.6 is 34.8 Å². The fraction of sp³-hybridized carbons (Fsp3) is 0.261. The number of hydrogen-bond acceptors (Lipinski definition) is 5. The average Bonchev–Trinajstić information content (AvgIpc) is 3.16. The van der Waals surface area contributed by atoms with Gasteiger partial charge in [-0.2, -0.15) is 5.10 Å². The molecule has 0 aliphatic carbocycles. The predicted molar refractivity (Wildman–Crippen MR) is 129 cm³/mol. The zero-order valence-corrected chi connectivity index (χ0v) is 20.0. The summed E-state index contributed by atoms with van der Waals surface area (Å²) >= 11 is 19.0. The van der Waals surface area contributed by atoms with E-state index in [4.69, 9.17) is 39.5 Å².